The molecule has 0 spiro atoms. The molecule has 0 atom stereocenters. The number of hydrogen-bond donors (Lipinski definition) is 1. The Kier molecular flexibility index (Phi) is 7.70. The summed E-state index contributed by atoms with van der Waals surface area (Å²) in [7, 11) is 0. The molecule has 2 aromatic heterocycles. The second-order valence-corrected chi connectivity index (χ2v) is 6.82. The fraction of sp³-hybridized carbons (Fsp3) is 0.529. The van der Waals surface area contributed by atoms with E-state index in [4.69, 9.17) is 19.9 Å². The summed E-state index contributed by atoms with van der Waals surface area (Å²) < 4.78 is 17.3. The average Bonchev–Trinajstić information content (AvgIpc) is 3.06. The highest BCUT2D eigenvalue weighted by Gasteiger charge is 2.57. The van der Waals surface area contributed by atoms with Gasteiger partial charge in [-0.3, -0.25) is 14.4 Å². The van der Waals surface area contributed by atoms with Gasteiger partial charge in [0, 0.05) is 13.0 Å². The Hall–Kier alpha value is -2.51. The van der Waals surface area contributed by atoms with E-state index in [1.807, 2.05) is 22.6 Å². The first-order valence-electron chi connectivity index (χ1n) is 8.97. The maximum Gasteiger partial charge on any atom is 0.335 e. The van der Waals surface area contributed by atoms with E-state index in [0.717, 1.165) is 0 Å². The van der Waals surface area contributed by atoms with Gasteiger partial charge in [-0.05, 0) is 43.4 Å². The number of carbonyl (C=O) groups excluding carboxylic acids is 3. The first-order valence-corrected chi connectivity index (χ1v) is 10.0. The highest BCUT2D eigenvalue weighted by atomic mass is 127. The highest BCUT2D eigenvalue weighted by molar-refractivity contribution is 14.1. The van der Waals surface area contributed by atoms with E-state index in [0.29, 0.717) is 14.9 Å². The third-order valence-electron chi connectivity index (χ3n) is 4.05. The molecule has 0 fully saturated rings. The quantitative estimate of drug-likeness (QED) is 0.168. The molecule has 11 nitrogen and oxygen atoms in total. The SMILES string of the molecule is CCOC(=O)C(CCn1cnc2nc(N)nc(I)c21)(C(=O)OCC)C(=O)OCC. The van der Waals surface area contributed by atoms with Crippen molar-refractivity contribution < 1.29 is 28.6 Å². The van der Waals surface area contributed by atoms with Crippen LogP contribution in [0.2, 0.25) is 0 Å². The molecule has 2 N–H and O–H groups in total. The largest absolute Gasteiger partial charge is 0.465 e. The lowest BCUT2D eigenvalue weighted by atomic mass is 9.84. The van der Waals surface area contributed by atoms with Gasteiger partial charge in [0.1, 0.15) is 9.22 Å². The number of ether oxygens (including phenoxy) is 3. The number of nitrogen functional groups attached to an aromatic ring is 1. The molecule has 0 aliphatic carbocycles. The van der Waals surface area contributed by atoms with Crippen LogP contribution in [0.4, 0.5) is 5.95 Å². The summed E-state index contributed by atoms with van der Waals surface area (Å²) in [6.07, 6.45) is 1.21. The molecule has 0 amide bonds. The number of nitrogens with two attached hydrogens (primary N) is 1. The second-order valence-electron chi connectivity index (χ2n) is 5.80. The van der Waals surface area contributed by atoms with E-state index in [9.17, 15) is 14.4 Å². The Balaban J connectivity index is 2.47. The molecule has 0 aliphatic rings. The molecule has 0 saturated heterocycles. The lowest BCUT2D eigenvalue weighted by Gasteiger charge is -2.27. The van der Waals surface area contributed by atoms with Gasteiger partial charge in [-0.2, -0.15) is 4.98 Å². The van der Waals surface area contributed by atoms with E-state index < -0.39 is 23.3 Å². The molecule has 158 valence electrons. The monoisotopic (exact) mass is 519 g/mol. The molecule has 0 aromatic carbocycles. The molecule has 0 aliphatic heterocycles. The number of aryl methyl sites for hydroxylation is 1. The predicted octanol–water partition coefficient (Wildman–Crippen LogP) is 1.08. The Labute approximate surface area is 180 Å². The highest BCUT2D eigenvalue weighted by Crippen LogP contribution is 2.30. The zero-order valence-corrected chi connectivity index (χ0v) is 18.5. The molecule has 2 heterocycles. The van der Waals surface area contributed by atoms with Crippen LogP contribution in [0.3, 0.4) is 0 Å². The number of imidazole rings is 1. The third kappa shape index (κ3) is 4.57. The van der Waals surface area contributed by atoms with Crippen LogP contribution in [-0.4, -0.2) is 57.2 Å². The summed E-state index contributed by atoms with van der Waals surface area (Å²) in [5.41, 5.74) is 4.30. The molecule has 29 heavy (non-hydrogen) atoms. The minimum absolute atomic E-state index is 0.0155. The number of halogens is 1. The molecular weight excluding hydrogens is 497 g/mol. The summed E-state index contributed by atoms with van der Waals surface area (Å²) in [5.74, 6) is -2.98. The molecule has 0 radical (unpaired) electrons. The summed E-state index contributed by atoms with van der Waals surface area (Å²) in [6.45, 7) is 4.73. The van der Waals surface area contributed by atoms with Crippen molar-refractivity contribution in [3.05, 3.63) is 10.0 Å². The molecule has 0 bridgehead atoms. The van der Waals surface area contributed by atoms with Crippen LogP contribution in [0, 0.1) is 9.12 Å². The molecular formula is C17H22IN5O6. The maximum absolute atomic E-state index is 12.7. The smallest absolute Gasteiger partial charge is 0.335 e. The Morgan fingerprint density at radius 3 is 2.03 bits per heavy atom. The Bertz CT molecular complexity index is 870. The molecule has 0 saturated carbocycles. The Morgan fingerprint density at radius 2 is 1.55 bits per heavy atom. The number of esters is 3. The van der Waals surface area contributed by atoms with Gasteiger partial charge in [0.2, 0.25) is 5.95 Å². The van der Waals surface area contributed by atoms with Crippen LogP contribution in [0.25, 0.3) is 11.2 Å². The van der Waals surface area contributed by atoms with E-state index in [-0.39, 0.29) is 38.7 Å². The number of hydrogen-bond acceptors (Lipinski definition) is 10. The van der Waals surface area contributed by atoms with Crippen LogP contribution >= 0.6 is 22.6 Å². The van der Waals surface area contributed by atoms with Crippen LogP contribution < -0.4 is 5.73 Å². The molecule has 2 aromatic rings. The summed E-state index contributed by atoms with van der Waals surface area (Å²) in [6, 6.07) is 0. The number of aromatic nitrogens is 4. The van der Waals surface area contributed by atoms with Gasteiger partial charge in [0.05, 0.1) is 26.1 Å². The van der Waals surface area contributed by atoms with Crippen LogP contribution in [0.15, 0.2) is 6.33 Å². The van der Waals surface area contributed by atoms with Gasteiger partial charge in [0.25, 0.3) is 5.41 Å². The van der Waals surface area contributed by atoms with E-state index in [2.05, 4.69) is 15.0 Å². The minimum atomic E-state index is -2.25. The number of rotatable bonds is 9. The molecule has 2 rings (SSSR count). The van der Waals surface area contributed by atoms with Gasteiger partial charge in [-0.25, -0.2) is 9.97 Å². The van der Waals surface area contributed by atoms with Crippen LogP contribution in [0.5, 0.6) is 0 Å². The Morgan fingerprint density at radius 1 is 1.03 bits per heavy atom. The lowest BCUT2D eigenvalue weighted by molar-refractivity contribution is -0.184. The third-order valence-corrected chi connectivity index (χ3v) is 4.80. The second kappa shape index (κ2) is 9.80. The summed E-state index contributed by atoms with van der Waals surface area (Å²) in [4.78, 5) is 50.5. The number of anilines is 1. The molecule has 0 unspecified atom stereocenters. The fourth-order valence-corrected chi connectivity index (χ4v) is 3.53. The van der Waals surface area contributed by atoms with Crippen molar-refractivity contribution in [3.8, 4) is 0 Å². The van der Waals surface area contributed by atoms with E-state index in [1.54, 1.807) is 25.3 Å². The van der Waals surface area contributed by atoms with Gasteiger partial charge < -0.3 is 24.5 Å². The zero-order valence-electron chi connectivity index (χ0n) is 16.3. The zero-order chi connectivity index (χ0) is 21.6. The van der Waals surface area contributed by atoms with Crippen LogP contribution in [-0.2, 0) is 35.1 Å². The minimum Gasteiger partial charge on any atom is -0.465 e. The normalized spacial score (nSPS) is 11.3. The fourth-order valence-electron chi connectivity index (χ4n) is 2.73. The first kappa shape index (κ1) is 22.8. The number of carbonyl (C=O) groups is 3. The summed E-state index contributed by atoms with van der Waals surface area (Å²) in [5, 5.41) is 0. The van der Waals surface area contributed by atoms with Crippen molar-refractivity contribution in [3.63, 3.8) is 0 Å². The standard InChI is InChI=1S/C17H22IN5O6/c1-4-27-13(24)17(14(25)28-5-2,15(26)29-6-3)7-8-23-9-20-12-10(23)11(18)21-16(19)22-12/h9H,4-8H2,1-3H3,(H2,19,21,22). The van der Waals surface area contributed by atoms with Crippen molar-refractivity contribution in [2.24, 2.45) is 5.41 Å². The lowest BCUT2D eigenvalue weighted by Crippen LogP contribution is -2.50. The maximum atomic E-state index is 12.7. The van der Waals surface area contributed by atoms with Crippen molar-refractivity contribution in [2.75, 3.05) is 25.6 Å². The van der Waals surface area contributed by atoms with Crippen molar-refractivity contribution in [1.29, 1.82) is 0 Å². The molecule has 12 heteroatoms. The average molecular weight is 519 g/mol. The van der Waals surface area contributed by atoms with Gasteiger partial charge >= 0.3 is 17.9 Å². The first-order chi connectivity index (χ1) is 13.8. The summed E-state index contributed by atoms with van der Waals surface area (Å²) >= 11 is 1.98. The van der Waals surface area contributed by atoms with Crippen molar-refractivity contribution in [1.82, 2.24) is 19.5 Å². The predicted molar refractivity (Wildman–Crippen MR) is 109 cm³/mol. The van der Waals surface area contributed by atoms with Gasteiger partial charge in [0.15, 0.2) is 5.65 Å². The topological polar surface area (TPSA) is 149 Å². The van der Waals surface area contributed by atoms with E-state index in [1.165, 1.54) is 6.33 Å². The van der Waals surface area contributed by atoms with Gasteiger partial charge in [-0.1, -0.05) is 0 Å². The van der Waals surface area contributed by atoms with Crippen molar-refractivity contribution in [2.45, 2.75) is 33.7 Å². The van der Waals surface area contributed by atoms with Crippen molar-refractivity contribution >= 4 is 57.6 Å². The van der Waals surface area contributed by atoms with E-state index >= 15 is 0 Å². The van der Waals surface area contributed by atoms with Crippen LogP contribution in [0.1, 0.15) is 27.2 Å². The van der Waals surface area contributed by atoms with Gasteiger partial charge in [-0.15, -0.1) is 0 Å². The number of fused-ring (bicyclic) bond motifs is 1. The number of nitrogens with zero attached hydrogens (tertiary/aromatic N) is 4.